The SMILES string of the molecule is Cc1cc(C)nc(N2CCN(C(=O)c3ccc4c(c3)CC(c3ccccc3)OC4=O)CC2)n1. The second-order valence-electron chi connectivity index (χ2n) is 8.61. The van der Waals surface area contributed by atoms with Gasteiger partial charge < -0.3 is 14.5 Å². The Morgan fingerprint density at radius 1 is 0.939 bits per heavy atom. The van der Waals surface area contributed by atoms with Crippen LogP contribution in [-0.2, 0) is 11.2 Å². The third-order valence-corrected chi connectivity index (χ3v) is 6.22. The number of hydrogen-bond donors (Lipinski definition) is 0. The van der Waals surface area contributed by atoms with Crippen molar-refractivity contribution in [3.8, 4) is 0 Å². The van der Waals surface area contributed by atoms with E-state index in [1.54, 1.807) is 12.1 Å². The average molecular weight is 443 g/mol. The van der Waals surface area contributed by atoms with Crippen LogP contribution in [0, 0.1) is 13.8 Å². The standard InChI is InChI=1S/C26H26N4O3/c1-17-14-18(2)28-26(27-17)30-12-10-29(11-13-30)24(31)20-8-9-22-21(15-20)16-23(33-25(22)32)19-6-4-3-5-7-19/h3-9,14-15,23H,10-13,16H2,1-2H3. The molecule has 0 aliphatic carbocycles. The van der Waals surface area contributed by atoms with Crippen LogP contribution in [-0.4, -0.2) is 52.9 Å². The minimum Gasteiger partial charge on any atom is -0.454 e. The summed E-state index contributed by atoms with van der Waals surface area (Å²) >= 11 is 0. The van der Waals surface area contributed by atoms with E-state index in [9.17, 15) is 9.59 Å². The molecule has 0 N–H and O–H groups in total. The summed E-state index contributed by atoms with van der Waals surface area (Å²) in [6.45, 7) is 6.49. The van der Waals surface area contributed by atoms with Gasteiger partial charge in [-0.25, -0.2) is 14.8 Å². The van der Waals surface area contributed by atoms with Gasteiger partial charge in [0.05, 0.1) is 5.56 Å². The predicted molar refractivity (Wildman–Crippen MR) is 124 cm³/mol. The van der Waals surface area contributed by atoms with E-state index < -0.39 is 0 Å². The number of cyclic esters (lactones) is 1. The van der Waals surface area contributed by atoms with Crippen LogP contribution in [0.15, 0.2) is 54.6 Å². The molecule has 7 nitrogen and oxygen atoms in total. The van der Waals surface area contributed by atoms with Crippen molar-refractivity contribution in [2.24, 2.45) is 0 Å². The molecule has 1 fully saturated rings. The topological polar surface area (TPSA) is 75.6 Å². The predicted octanol–water partition coefficient (Wildman–Crippen LogP) is 3.51. The van der Waals surface area contributed by atoms with Crippen LogP contribution < -0.4 is 4.90 Å². The van der Waals surface area contributed by atoms with Crippen molar-refractivity contribution < 1.29 is 14.3 Å². The summed E-state index contributed by atoms with van der Waals surface area (Å²) in [4.78, 5) is 38.8. The maximum atomic E-state index is 13.2. The number of nitrogens with zero attached hydrogens (tertiary/aromatic N) is 4. The number of aromatic nitrogens is 2. The van der Waals surface area contributed by atoms with Crippen molar-refractivity contribution in [2.45, 2.75) is 26.4 Å². The summed E-state index contributed by atoms with van der Waals surface area (Å²) in [5, 5.41) is 0. The molecule has 2 aliphatic rings. The normalized spacial score (nSPS) is 18.0. The number of rotatable bonds is 3. The number of ether oxygens (including phenoxy) is 1. The molecule has 0 spiro atoms. The second-order valence-corrected chi connectivity index (χ2v) is 8.61. The summed E-state index contributed by atoms with van der Waals surface area (Å²) in [6, 6.07) is 17.0. The summed E-state index contributed by atoms with van der Waals surface area (Å²) in [5.74, 6) is 0.360. The molecule has 1 saturated heterocycles. The van der Waals surface area contributed by atoms with Crippen LogP contribution >= 0.6 is 0 Å². The summed E-state index contributed by atoms with van der Waals surface area (Å²) in [5.41, 5.74) is 4.84. The molecule has 1 unspecified atom stereocenters. The summed E-state index contributed by atoms with van der Waals surface area (Å²) < 4.78 is 5.63. The van der Waals surface area contributed by atoms with Crippen molar-refractivity contribution in [3.63, 3.8) is 0 Å². The van der Waals surface area contributed by atoms with E-state index in [2.05, 4.69) is 14.9 Å². The van der Waals surface area contributed by atoms with Gasteiger partial charge in [-0.2, -0.15) is 0 Å². The van der Waals surface area contributed by atoms with Gasteiger partial charge in [-0.05, 0) is 49.2 Å². The first-order valence-corrected chi connectivity index (χ1v) is 11.2. The van der Waals surface area contributed by atoms with E-state index in [0.717, 1.165) is 28.5 Å². The van der Waals surface area contributed by atoms with E-state index in [1.807, 2.05) is 61.2 Å². The highest BCUT2D eigenvalue weighted by Gasteiger charge is 2.29. The molecule has 0 radical (unpaired) electrons. The molecule has 1 atom stereocenters. The molecule has 1 aromatic heterocycles. The minimum absolute atomic E-state index is 0.0195. The Labute approximate surface area is 193 Å². The van der Waals surface area contributed by atoms with Crippen LogP contribution in [0.4, 0.5) is 5.95 Å². The second kappa shape index (κ2) is 8.65. The lowest BCUT2D eigenvalue weighted by molar-refractivity contribution is 0.0252. The number of carbonyl (C=O) groups excluding carboxylic acids is 2. The van der Waals surface area contributed by atoms with E-state index >= 15 is 0 Å². The lowest BCUT2D eigenvalue weighted by Gasteiger charge is -2.35. The first kappa shape index (κ1) is 21.1. The zero-order valence-corrected chi connectivity index (χ0v) is 18.8. The molecule has 2 aromatic carbocycles. The number of fused-ring (bicyclic) bond motifs is 1. The van der Waals surface area contributed by atoms with Crippen molar-refractivity contribution in [3.05, 3.63) is 88.2 Å². The average Bonchev–Trinajstić information content (AvgIpc) is 2.83. The van der Waals surface area contributed by atoms with Gasteiger partial charge in [0.25, 0.3) is 5.91 Å². The molecule has 7 heteroatoms. The number of carbonyl (C=O) groups is 2. The van der Waals surface area contributed by atoms with E-state index in [-0.39, 0.29) is 18.0 Å². The Hall–Kier alpha value is -3.74. The third kappa shape index (κ3) is 4.31. The first-order valence-electron chi connectivity index (χ1n) is 11.2. The number of hydrogen-bond acceptors (Lipinski definition) is 6. The van der Waals surface area contributed by atoms with E-state index in [1.165, 1.54) is 0 Å². The molecule has 3 aromatic rings. The molecular formula is C26H26N4O3. The van der Waals surface area contributed by atoms with E-state index in [4.69, 9.17) is 4.74 Å². The molecule has 168 valence electrons. The Kier molecular flexibility index (Phi) is 5.54. The number of amides is 1. The summed E-state index contributed by atoms with van der Waals surface area (Å²) in [7, 11) is 0. The molecule has 1 amide bonds. The maximum absolute atomic E-state index is 13.2. The van der Waals surface area contributed by atoms with Gasteiger partial charge in [-0.15, -0.1) is 0 Å². The van der Waals surface area contributed by atoms with Crippen LogP contribution in [0.25, 0.3) is 0 Å². The van der Waals surface area contributed by atoms with Crippen LogP contribution in [0.3, 0.4) is 0 Å². The van der Waals surface area contributed by atoms with Crippen molar-refractivity contribution in [2.75, 3.05) is 31.1 Å². The van der Waals surface area contributed by atoms with Gasteiger partial charge in [-0.3, -0.25) is 4.79 Å². The summed E-state index contributed by atoms with van der Waals surface area (Å²) in [6.07, 6.45) is 0.224. The molecular weight excluding hydrogens is 416 g/mol. The number of anilines is 1. The minimum atomic E-state index is -0.342. The smallest absolute Gasteiger partial charge is 0.339 e. The quantitative estimate of drug-likeness (QED) is 0.578. The van der Waals surface area contributed by atoms with Crippen molar-refractivity contribution in [1.82, 2.24) is 14.9 Å². The van der Waals surface area contributed by atoms with E-state index in [0.29, 0.717) is 43.7 Å². The molecule has 3 heterocycles. The van der Waals surface area contributed by atoms with Gasteiger partial charge in [0.2, 0.25) is 5.95 Å². The fourth-order valence-electron chi connectivity index (χ4n) is 4.52. The number of esters is 1. The lowest BCUT2D eigenvalue weighted by atomic mass is 9.93. The van der Waals surface area contributed by atoms with Gasteiger partial charge in [0.1, 0.15) is 6.10 Å². The monoisotopic (exact) mass is 442 g/mol. The van der Waals surface area contributed by atoms with Crippen LogP contribution in [0.2, 0.25) is 0 Å². The highest BCUT2D eigenvalue weighted by Crippen LogP contribution is 2.31. The highest BCUT2D eigenvalue weighted by molar-refractivity contribution is 5.98. The van der Waals surface area contributed by atoms with Gasteiger partial charge in [0.15, 0.2) is 0 Å². The largest absolute Gasteiger partial charge is 0.454 e. The molecule has 0 bridgehead atoms. The maximum Gasteiger partial charge on any atom is 0.339 e. The molecule has 33 heavy (non-hydrogen) atoms. The van der Waals surface area contributed by atoms with Crippen LogP contribution in [0.1, 0.15) is 49.3 Å². The van der Waals surface area contributed by atoms with Crippen molar-refractivity contribution in [1.29, 1.82) is 0 Å². The molecule has 5 rings (SSSR count). The van der Waals surface area contributed by atoms with Crippen LogP contribution in [0.5, 0.6) is 0 Å². The fraction of sp³-hybridized carbons (Fsp3) is 0.308. The number of aryl methyl sites for hydroxylation is 2. The third-order valence-electron chi connectivity index (χ3n) is 6.22. The fourth-order valence-corrected chi connectivity index (χ4v) is 4.52. The Morgan fingerprint density at radius 3 is 2.33 bits per heavy atom. The Balaban J connectivity index is 1.30. The lowest BCUT2D eigenvalue weighted by Crippen LogP contribution is -2.49. The molecule has 0 saturated carbocycles. The molecule has 2 aliphatic heterocycles. The Morgan fingerprint density at radius 2 is 1.64 bits per heavy atom. The number of piperazine rings is 1. The zero-order chi connectivity index (χ0) is 22.9. The van der Waals surface area contributed by atoms with Gasteiger partial charge in [0, 0.05) is 49.6 Å². The Bertz CT molecular complexity index is 1180. The number of benzene rings is 2. The van der Waals surface area contributed by atoms with Gasteiger partial charge in [-0.1, -0.05) is 30.3 Å². The van der Waals surface area contributed by atoms with Crippen molar-refractivity contribution >= 4 is 17.8 Å². The first-order chi connectivity index (χ1) is 16.0. The highest BCUT2D eigenvalue weighted by atomic mass is 16.5. The zero-order valence-electron chi connectivity index (χ0n) is 18.8. The van der Waals surface area contributed by atoms with Gasteiger partial charge >= 0.3 is 5.97 Å².